The summed E-state index contributed by atoms with van der Waals surface area (Å²) in [5, 5.41) is 1.21. The van der Waals surface area contributed by atoms with E-state index < -0.39 is 0 Å². The summed E-state index contributed by atoms with van der Waals surface area (Å²) in [6, 6.07) is 7.19. The lowest BCUT2D eigenvalue weighted by molar-refractivity contribution is -0.312. The van der Waals surface area contributed by atoms with E-state index in [-0.39, 0.29) is 0 Å². The zero-order valence-electron chi connectivity index (χ0n) is 7.71. The average Bonchev–Trinajstić information content (AvgIpc) is 2.26. The molecule has 78 valence electrons. The maximum absolute atomic E-state index is 5.58. The topological polar surface area (TPSA) is 18.5 Å². The van der Waals surface area contributed by atoms with Crippen molar-refractivity contribution in [2.24, 2.45) is 0 Å². The molecule has 2 rings (SSSR count). The van der Waals surface area contributed by atoms with Gasteiger partial charge >= 0.3 is 0 Å². The van der Waals surface area contributed by atoms with E-state index in [1.54, 1.807) is 12.1 Å². The molecule has 2 nitrogen and oxygen atoms in total. The van der Waals surface area contributed by atoms with Gasteiger partial charge in [-0.3, -0.25) is 0 Å². The second-order valence-electron chi connectivity index (χ2n) is 2.77. The summed E-state index contributed by atoms with van der Waals surface area (Å²) in [5.41, 5.74) is 0. The number of hydrogen-bond acceptors (Lipinski definition) is 2. The third kappa shape index (κ3) is 4.82. The van der Waals surface area contributed by atoms with Crippen LogP contribution in [0, 0.1) is 0 Å². The minimum atomic E-state index is 0.606. The zero-order valence-corrected chi connectivity index (χ0v) is 9.22. The Labute approximate surface area is 93.7 Å². The Bertz CT molecular complexity index is 230. The van der Waals surface area contributed by atoms with Crippen LogP contribution in [0.15, 0.2) is 24.3 Å². The van der Waals surface area contributed by atoms with Gasteiger partial charge in [0, 0.05) is 0 Å². The molecule has 1 heterocycles. The molecule has 14 heavy (non-hydrogen) atoms. The molecule has 1 fully saturated rings. The van der Waals surface area contributed by atoms with Gasteiger partial charge < -0.3 is 0 Å². The normalized spacial score (nSPS) is 15.6. The highest BCUT2D eigenvalue weighted by atomic mass is 35.5. The van der Waals surface area contributed by atoms with Crippen molar-refractivity contribution in [3.8, 4) is 0 Å². The van der Waals surface area contributed by atoms with Crippen LogP contribution < -0.4 is 0 Å². The molecule has 0 aliphatic carbocycles. The first-order chi connectivity index (χ1) is 6.80. The SMILES string of the molecule is C1CCOOC1.Clc1ccccc1Cl. The van der Waals surface area contributed by atoms with E-state index in [9.17, 15) is 0 Å². The van der Waals surface area contributed by atoms with Crippen LogP contribution >= 0.6 is 23.2 Å². The third-order valence-corrected chi connectivity index (χ3v) is 2.37. The van der Waals surface area contributed by atoms with Crippen LogP contribution in [0.25, 0.3) is 0 Å². The van der Waals surface area contributed by atoms with Crippen molar-refractivity contribution in [2.75, 3.05) is 13.2 Å². The van der Waals surface area contributed by atoms with Gasteiger partial charge in [-0.1, -0.05) is 35.3 Å². The van der Waals surface area contributed by atoms with Crippen molar-refractivity contribution in [3.63, 3.8) is 0 Å². The second kappa shape index (κ2) is 7.07. The first-order valence-corrected chi connectivity index (χ1v) is 5.21. The summed E-state index contributed by atoms with van der Waals surface area (Å²) in [6.07, 6.45) is 2.31. The van der Waals surface area contributed by atoms with E-state index in [1.807, 2.05) is 12.1 Å². The summed E-state index contributed by atoms with van der Waals surface area (Å²) < 4.78 is 0. The molecule has 1 aromatic rings. The lowest BCUT2D eigenvalue weighted by atomic mass is 10.3. The van der Waals surface area contributed by atoms with Crippen LogP contribution in [0.4, 0.5) is 0 Å². The monoisotopic (exact) mass is 234 g/mol. The standard InChI is InChI=1S/C6H4Cl2.C4H8O2/c7-5-3-1-2-4-6(5)8;1-2-4-6-5-3-1/h1-4H;1-4H2. The number of hydrogen-bond donors (Lipinski definition) is 0. The Morgan fingerprint density at radius 3 is 1.50 bits per heavy atom. The van der Waals surface area contributed by atoms with Crippen molar-refractivity contribution in [1.82, 2.24) is 0 Å². The Kier molecular flexibility index (Phi) is 5.96. The van der Waals surface area contributed by atoms with Crippen molar-refractivity contribution in [1.29, 1.82) is 0 Å². The van der Waals surface area contributed by atoms with Gasteiger partial charge in [0.2, 0.25) is 0 Å². The van der Waals surface area contributed by atoms with Gasteiger partial charge in [0.25, 0.3) is 0 Å². The highest BCUT2D eigenvalue weighted by molar-refractivity contribution is 6.41. The van der Waals surface area contributed by atoms with Crippen molar-refractivity contribution in [2.45, 2.75) is 12.8 Å². The second-order valence-corrected chi connectivity index (χ2v) is 3.58. The van der Waals surface area contributed by atoms with Gasteiger partial charge in [-0.2, -0.15) is 0 Å². The lowest BCUT2D eigenvalue weighted by Gasteiger charge is -2.07. The largest absolute Gasteiger partial charge is 0.237 e. The summed E-state index contributed by atoms with van der Waals surface area (Å²) in [6.45, 7) is 1.56. The molecule has 0 N–H and O–H groups in total. The molecule has 0 aromatic heterocycles. The van der Waals surface area contributed by atoms with Crippen LogP contribution in [0.3, 0.4) is 0 Å². The fraction of sp³-hybridized carbons (Fsp3) is 0.400. The van der Waals surface area contributed by atoms with Gasteiger partial charge in [-0.15, -0.1) is 0 Å². The first kappa shape index (κ1) is 11.8. The van der Waals surface area contributed by atoms with E-state index in [4.69, 9.17) is 23.2 Å². The van der Waals surface area contributed by atoms with Crippen LogP contribution in [-0.4, -0.2) is 13.2 Å². The summed E-state index contributed by atoms with van der Waals surface area (Å²) >= 11 is 11.2. The van der Waals surface area contributed by atoms with E-state index in [0.29, 0.717) is 10.0 Å². The fourth-order valence-electron chi connectivity index (χ4n) is 0.879. The van der Waals surface area contributed by atoms with Crippen LogP contribution in [0.1, 0.15) is 12.8 Å². The molecule has 0 spiro atoms. The molecule has 1 aliphatic heterocycles. The molecule has 0 bridgehead atoms. The molecule has 1 saturated heterocycles. The van der Waals surface area contributed by atoms with Gasteiger partial charge in [-0.05, 0) is 25.0 Å². The Balaban J connectivity index is 0.000000146. The van der Waals surface area contributed by atoms with Crippen LogP contribution in [0.2, 0.25) is 10.0 Å². The fourth-order valence-corrected chi connectivity index (χ4v) is 1.15. The van der Waals surface area contributed by atoms with Gasteiger partial charge in [0.1, 0.15) is 0 Å². The minimum Gasteiger partial charge on any atom is -0.237 e. The summed E-state index contributed by atoms with van der Waals surface area (Å²) in [7, 11) is 0. The Morgan fingerprint density at radius 2 is 1.29 bits per heavy atom. The maximum atomic E-state index is 5.58. The van der Waals surface area contributed by atoms with E-state index in [0.717, 1.165) is 26.1 Å². The minimum absolute atomic E-state index is 0.606. The molecule has 0 radical (unpaired) electrons. The van der Waals surface area contributed by atoms with Gasteiger partial charge in [-0.25, -0.2) is 9.78 Å². The van der Waals surface area contributed by atoms with Crippen LogP contribution in [-0.2, 0) is 9.78 Å². The van der Waals surface area contributed by atoms with Gasteiger partial charge in [0.15, 0.2) is 0 Å². The molecule has 1 aromatic carbocycles. The maximum Gasteiger partial charge on any atom is 0.0823 e. The smallest absolute Gasteiger partial charge is 0.0823 e. The molecule has 4 heteroatoms. The number of rotatable bonds is 0. The number of halogens is 2. The highest BCUT2D eigenvalue weighted by Gasteiger charge is 1.95. The Hall–Kier alpha value is -0.280. The Morgan fingerprint density at radius 1 is 0.857 bits per heavy atom. The molecular weight excluding hydrogens is 223 g/mol. The van der Waals surface area contributed by atoms with Crippen molar-refractivity contribution < 1.29 is 9.78 Å². The third-order valence-electron chi connectivity index (χ3n) is 1.61. The molecule has 0 saturated carbocycles. The number of benzene rings is 1. The molecule has 1 aliphatic rings. The van der Waals surface area contributed by atoms with Crippen LogP contribution in [0.5, 0.6) is 0 Å². The lowest BCUT2D eigenvalue weighted by Crippen LogP contribution is -2.05. The van der Waals surface area contributed by atoms with E-state index >= 15 is 0 Å². The quantitative estimate of drug-likeness (QED) is 0.638. The predicted molar refractivity (Wildman–Crippen MR) is 57.6 cm³/mol. The zero-order chi connectivity index (χ0) is 10.2. The van der Waals surface area contributed by atoms with Crippen molar-refractivity contribution >= 4 is 23.2 Å². The summed E-state index contributed by atoms with van der Waals surface area (Å²) in [5.74, 6) is 0. The van der Waals surface area contributed by atoms with Gasteiger partial charge in [0.05, 0.1) is 23.3 Å². The van der Waals surface area contributed by atoms with E-state index in [2.05, 4.69) is 9.78 Å². The molecule has 0 atom stereocenters. The predicted octanol–water partition coefficient (Wildman–Crippen LogP) is 3.72. The molecule has 0 unspecified atom stereocenters. The average molecular weight is 235 g/mol. The highest BCUT2D eigenvalue weighted by Crippen LogP contribution is 2.19. The van der Waals surface area contributed by atoms with E-state index in [1.165, 1.54) is 0 Å². The summed E-state index contributed by atoms with van der Waals surface area (Å²) in [4.78, 5) is 9.14. The van der Waals surface area contributed by atoms with Crippen molar-refractivity contribution in [3.05, 3.63) is 34.3 Å². The first-order valence-electron chi connectivity index (χ1n) is 4.45. The molecule has 0 amide bonds. The molecular formula is C10H12Cl2O2.